The zero-order chi connectivity index (χ0) is 38.1. The summed E-state index contributed by atoms with van der Waals surface area (Å²) in [7, 11) is 0. The highest BCUT2D eigenvalue weighted by atomic mass is 16.5. The Morgan fingerprint density at radius 2 is 1.68 bits per heavy atom. The quantitative estimate of drug-likeness (QED) is 0.259. The number of hydrogen-bond donors (Lipinski definition) is 2. The summed E-state index contributed by atoms with van der Waals surface area (Å²) in [5, 5.41) is 9.69. The Hall–Kier alpha value is -5.94. The molecule has 0 aliphatic carbocycles. The lowest BCUT2D eigenvalue weighted by Gasteiger charge is -2.49. The van der Waals surface area contributed by atoms with E-state index in [4.69, 9.17) is 9.72 Å². The van der Waals surface area contributed by atoms with Gasteiger partial charge in [0.15, 0.2) is 11.5 Å². The molecule has 17 heteroatoms. The topological polar surface area (TPSA) is 178 Å². The molecule has 6 aliphatic heterocycles. The summed E-state index contributed by atoms with van der Waals surface area (Å²) >= 11 is 0. The van der Waals surface area contributed by atoms with Crippen LogP contribution in [0, 0.1) is 0 Å². The molecule has 56 heavy (non-hydrogen) atoms. The van der Waals surface area contributed by atoms with Crippen molar-refractivity contribution in [2.45, 2.75) is 56.9 Å². The van der Waals surface area contributed by atoms with Gasteiger partial charge in [0.2, 0.25) is 11.8 Å². The van der Waals surface area contributed by atoms with Crippen LogP contribution in [0.3, 0.4) is 0 Å². The highest BCUT2D eigenvalue weighted by molar-refractivity contribution is 6.10. The molecule has 1 atom stereocenters. The van der Waals surface area contributed by atoms with Crippen LogP contribution in [0.15, 0.2) is 48.9 Å². The maximum Gasteiger partial charge on any atom is 0.273 e. The van der Waals surface area contributed by atoms with Crippen LogP contribution in [-0.4, -0.2) is 134 Å². The first-order valence-corrected chi connectivity index (χ1v) is 19.3. The van der Waals surface area contributed by atoms with Crippen LogP contribution in [0.4, 0.5) is 17.2 Å². The van der Waals surface area contributed by atoms with Crippen LogP contribution in [-0.2, 0) is 27.4 Å². The summed E-state index contributed by atoms with van der Waals surface area (Å²) in [4.78, 5) is 84.4. The molecule has 17 nitrogen and oxygen atoms in total. The fourth-order valence-corrected chi connectivity index (χ4v) is 9.04. The number of nitrogens with one attached hydrogen (secondary N) is 2. The van der Waals surface area contributed by atoms with E-state index in [1.54, 1.807) is 27.9 Å². The molecule has 2 N–H and O–H groups in total. The van der Waals surface area contributed by atoms with E-state index in [2.05, 4.69) is 41.5 Å². The number of morpholine rings is 1. The standard InChI is InChI=1S/C39H41N11O6/c51-32-5-4-31(37(53)43-32)49-19-23-16-26(2-3-28(23)38(49)54)47-21-27(22-47)45-10-6-25(7-11-45)48-20-24-17-30(35(44-33(24)39(48)55)46-12-14-56-15-13-46)42-36(52)29-18-41-50-9-1-8-40-34(29)50/h1-3,8-9,16-18,25,27,31H,4-7,10-15,19-22H2,(H,42,52)(H,43,51,53). The number of pyridine rings is 1. The van der Waals surface area contributed by atoms with E-state index in [1.807, 2.05) is 23.1 Å². The Morgan fingerprint density at radius 1 is 0.875 bits per heavy atom. The molecule has 0 bridgehead atoms. The number of fused-ring (bicyclic) bond motifs is 3. The Kier molecular flexibility index (Phi) is 8.43. The van der Waals surface area contributed by atoms with Gasteiger partial charge in [-0.05, 0) is 55.2 Å². The highest BCUT2D eigenvalue weighted by Gasteiger charge is 2.42. The third kappa shape index (κ3) is 5.92. The van der Waals surface area contributed by atoms with Crippen molar-refractivity contribution in [2.75, 3.05) is 67.6 Å². The minimum Gasteiger partial charge on any atom is -0.378 e. The number of likely N-dealkylation sites (tertiary alicyclic amines) is 1. The van der Waals surface area contributed by atoms with Gasteiger partial charge in [-0.3, -0.25) is 34.2 Å². The largest absolute Gasteiger partial charge is 0.378 e. The maximum absolute atomic E-state index is 14.0. The smallest absolute Gasteiger partial charge is 0.273 e. The predicted octanol–water partition coefficient (Wildman–Crippen LogP) is 1.28. The number of benzene rings is 1. The molecule has 0 saturated carbocycles. The third-order valence-electron chi connectivity index (χ3n) is 12.2. The van der Waals surface area contributed by atoms with Gasteiger partial charge in [-0.25, -0.2) is 14.5 Å². The molecule has 1 aromatic carbocycles. The molecule has 5 amide bonds. The van der Waals surface area contributed by atoms with E-state index in [-0.39, 0.29) is 36.1 Å². The minimum absolute atomic E-state index is 0.0706. The summed E-state index contributed by atoms with van der Waals surface area (Å²) in [5.41, 5.74) is 5.17. The normalized spacial score (nSPS) is 22.1. The van der Waals surface area contributed by atoms with Crippen molar-refractivity contribution in [3.05, 3.63) is 76.9 Å². The molecular formula is C39H41N11O6. The van der Waals surface area contributed by atoms with Crippen molar-refractivity contribution < 1.29 is 28.7 Å². The summed E-state index contributed by atoms with van der Waals surface area (Å²) in [6.07, 6.45) is 7.15. The number of hydrogen-bond acceptors (Lipinski definition) is 12. The van der Waals surface area contributed by atoms with E-state index in [9.17, 15) is 24.0 Å². The van der Waals surface area contributed by atoms with Gasteiger partial charge in [-0.1, -0.05) is 0 Å². The van der Waals surface area contributed by atoms with E-state index in [0.717, 1.165) is 55.8 Å². The minimum atomic E-state index is -0.626. The molecule has 288 valence electrons. The number of imide groups is 1. The van der Waals surface area contributed by atoms with E-state index >= 15 is 0 Å². The van der Waals surface area contributed by atoms with E-state index in [0.29, 0.717) is 85.8 Å². The van der Waals surface area contributed by atoms with Crippen LogP contribution >= 0.6 is 0 Å². The highest BCUT2D eigenvalue weighted by Crippen LogP contribution is 2.36. The van der Waals surface area contributed by atoms with Crippen LogP contribution in [0.25, 0.3) is 5.65 Å². The lowest BCUT2D eigenvalue weighted by Crippen LogP contribution is -2.62. The molecule has 4 aromatic rings. The fraction of sp³-hybridized carbons (Fsp3) is 0.436. The summed E-state index contributed by atoms with van der Waals surface area (Å²) in [6.45, 7) is 6.55. The number of carbonyl (C=O) groups excluding carboxylic acids is 5. The lowest BCUT2D eigenvalue weighted by molar-refractivity contribution is -0.136. The van der Waals surface area contributed by atoms with Crippen LogP contribution in [0.2, 0.25) is 0 Å². The number of carbonyl (C=O) groups is 5. The first kappa shape index (κ1) is 34.5. The van der Waals surface area contributed by atoms with Crippen LogP contribution in [0.1, 0.15) is 68.0 Å². The van der Waals surface area contributed by atoms with Gasteiger partial charge in [0, 0.05) is 100 Å². The van der Waals surface area contributed by atoms with Crippen molar-refractivity contribution >= 4 is 52.4 Å². The molecule has 3 aromatic heterocycles. The van der Waals surface area contributed by atoms with Gasteiger partial charge in [0.25, 0.3) is 17.7 Å². The van der Waals surface area contributed by atoms with Crippen molar-refractivity contribution in [1.29, 1.82) is 0 Å². The van der Waals surface area contributed by atoms with Gasteiger partial charge in [0.1, 0.15) is 17.3 Å². The second kappa shape index (κ2) is 13.7. The number of rotatable bonds is 7. The van der Waals surface area contributed by atoms with Crippen molar-refractivity contribution in [2.24, 2.45) is 0 Å². The Labute approximate surface area is 321 Å². The second-order valence-electron chi connectivity index (χ2n) is 15.4. The maximum atomic E-state index is 14.0. The first-order chi connectivity index (χ1) is 27.3. The van der Waals surface area contributed by atoms with Crippen molar-refractivity contribution in [1.82, 2.24) is 39.6 Å². The first-order valence-electron chi connectivity index (χ1n) is 19.3. The van der Waals surface area contributed by atoms with Crippen molar-refractivity contribution in [3.8, 4) is 0 Å². The summed E-state index contributed by atoms with van der Waals surface area (Å²) < 4.78 is 7.14. The molecule has 6 aliphatic rings. The van der Waals surface area contributed by atoms with Gasteiger partial charge < -0.3 is 29.7 Å². The molecule has 0 spiro atoms. The number of nitrogens with zero attached hydrogens (tertiary/aromatic N) is 9. The molecule has 4 fully saturated rings. The number of anilines is 3. The van der Waals surface area contributed by atoms with Gasteiger partial charge >= 0.3 is 0 Å². The third-order valence-corrected chi connectivity index (χ3v) is 12.2. The Balaban J connectivity index is 0.775. The molecule has 4 saturated heterocycles. The average Bonchev–Trinajstić information content (AvgIpc) is 3.87. The lowest BCUT2D eigenvalue weighted by atomic mass is 9.97. The number of aromatic nitrogens is 4. The van der Waals surface area contributed by atoms with Crippen LogP contribution < -0.4 is 20.4 Å². The predicted molar refractivity (Wildman–Crippen MR) is 201 cm³/mol. The van der Waals surface area contributed by atoms with Gasteiger partial charge in [-0.2, -0.15) is 5.10 Å². The monoisotopic (exact) mass is 759 g/mol. The average molecular weight is 760 g/mol. The SMILES string of the molecule is O=C1CCC(N2Cc3cc(N4CC(N5CCC(N6Cc7cc(NC(=O)c8cnn9cccnc89)c(N8CCOCC8)nc7C6=O)CC5)C4)ccc3C2=O)C(=O)N1. The molecule has 9 heterocycles. The van der Waals surface area contributed by atoms with Crippen LogP contribution in [0.5, 0.6) is 0 Å². The molecular weight excluding hydrogens is 718 g/mol. The van der Waals surface area contributed by atoms with E-state index < -0.39 is 11.9 Å². The Morgan fingerprint density at radius 3 is 2.48 bits per heavy atom. The molecule has 1 unspecified atom stereocenters. The van der Waals surface area contributed by atoms with Crippen molar-refractivity contribution in [3.63, 3.8) is 0 Å². The van der Waals surface area contributed by atoms with Gasteiger partial charge in [-0.15, -0.1) is 0 Å². The fourth-order valence-electron chi connectivity index (χ4n) is 9.04. The second-order valence-corrected chi connectivity index (χ2v) is 15.4. The van der Waals surface area contributed by atoms with E-state index in [1.165, 1.54) is 6.20 Å². The summed E-state index contributed by atoms with van der Waals surface area (Å²) in [6, 6.07) is 9.41. The summed E-state index contributed by atoms with van der Waals surface area (Å²) in [5.74, 6) is -0.718. The van der Waals surface area contributed by atoms with Gasteiger partial charge in [0.05, 0.1) is 25.1 Å². The molecule has 0 radical (unpaired) electrons. The molecule has 10 rings (SSSR count). The Bertz CT molecular complexity index is 2290. The zero-order valence-electron chi connectivity index (χ0n) is 30.7. The number of ether oxygens (including phenoxy) is 1. The number of amides is 5. The zero-order valence-corrected chi connectivity index (χ0v) is 30.7. The number of piperidine rings is 2.